The predicted molar refractivity (Wildman–Crippen MR) is 120 cm³/mol. The molecule has 1 aromatic carbocycles. The molecule has 1 aliphatic carbocycles. The van der Waals surface area contributed by atoms with E-state index in [9.17, 15) is 10.2 Å². The van der Waals surface area contributed by atoms with Gasteiger partial charge in [0.2, 0.25) is 0 Å². The Labute approximate surface area is 173 Å². The molecule has 0 heterocycles. The standard InChI is InChI=1S/C26H44O2/c1-5-25(2,3)17-11-7-6-10-14-22-21(15-16-23(27)24(22)28)13-9-8-12-18-26(4)19-20-26/h15-16,27-28H,5-14,17-20H2,1-4H3. The molecule has 0 radical (unpaired) electrons. The first-order chi connectivity index (χ1) is 13.3. The van der Waals surface area contributed by atoms with E-state index in [4.69, 9.17) is 0 Å². The van der Waals surface area contributed by atoms with E-state index in [0.29, 0.717) is 10.8 Å². The summed E-state index contributed by atoms with van der Waals surface area (Å²) in [6, 6.07) is 3.68. The van der Waals surface area contributed by atoms with Crippen molar-refractivity contribution >= 4 is 0 Å². The van der Waals surface area contributed by atoms with Crippen molar-refractivity contribution in [2.24, 2.45) is 10.8 Å². The summed E-state index contributed by atoms with van der Waals surface area (Å²) >= 11 is 0. The van der Waals surface area contributed by atoms with Gasteiger partial charge in [0.1, 0.15) is 0 Å². The third-order valence-corrected chi connectivity index (χ3v) is 7.18. The summed E-state index contributed by atoms with van der Waals surface area (Å²) in [6.45, 7) is 9.40. The molecule has 1 fully saturated rings. The van der Waals surface area contributed by atoms with Crippen LogP contribution in [-0.2, 0) is 12.8 Å². The molecule has 28 heavy (non-hydrogen) atoms. The Bertz CT molecular complexity index is 599. The van der Waals surface area contributed by atoms with Crippen LogP contribution in [0.1, 0.15) is 116 Å². The van der Waals surface area contributed by atoms with E-state index in [2.05, 4.69) is 27.7 Å². The summed E-state index contributed by atoms with van der Waals surface area (Å²) < 4.78 is 0. The van der Waals surface area contributed by atoms with Crippen LogP contribution in [0, 0.1) is 10.8 Å². The van der Waals surface area contributed by atoms with Gasteiger partial charge in [0.05, 0.1) is 0 Å². The van der Waals surface area contributed by atoms with Crippen molar-refractivity contribution in [1.29, 1.82) is 0 Å². The largest absolute Gasteiger partial charge is 0.504 e. The molecule has 160 valence electrons. The molecule has 2 nitrogen and oxygen atoms in total. The SMILES string of the molecule is CCC(C)(C)CCCCCCc1c(CCCCCC2(C)CC2)ccc(O)c1O. The van der Waals surface area contributed by atoms with Gasteiger partial charge in [-0.3, -0.25) is 0 Å². The molecule has 0 unspecified atom stereocenters. The van der Waals surface area contributed by atoms with Gasteiger partial charge in [-0.1, -0.05) is 72.3 Å². The number of aryl methyl sites for hydroxylation is 1. The van der Waals surface area contributed by atoms with Gasteiger partial charge in [-0.05, 0) is 73.8 Å². The molecule has 2 N–H and O–H groups in total. The fourth-order valence-electron chi connectivity index (χ4n) is 4.12. The van der Waals surface area contributed by atoms with Crippen LogP contribution in [0.5, 0.6) is 11.5 Å². The molecule has 1 aliphatic rings. The molecular weight excluding hydrogens is 344 g/mol. The highest BCUT2D eigenvalue weighted by molar-refractivity contribution is 5.49. The van der Waals surface area contributed by atoms with E-state index < -0.39 is 0 Å². The average molecular weight is 389 g/mol. The van der Waals surface area contributed by atoms with Crippen LogP contribution in [0.4, 0.5) is 0 Å². The van der Waals surface area contributed by atoms with Gasteiger partial charge in [0, 0.05) is 5.56 Å². The molecule has 0 bridgehead atoms. The Morgan fingerprint density at radius 3 is 2.21 bits per heavy atom. The van der Waals surface area contributed by atoms with Crippen LogP contribution in [-0.4, -0.2) is 10.2 Å². The number of phenolic OH excluding ortho intramolecular Hbond substituents is 2. The van der Waals surface area contributed by atoms with Crippen molar-refractivity contribution in [1.82, 2.24) is 0 Å². The maximum absolute atomic E-state index is 10.4. The van der Waals surface area contributed by atoms with E-state index in [0.717, 1.165) is 24.8 Å². The minimum Gasteiger partial charge on any atom is -0.504 e. The Hall–Kier alpha value is -1.18. The molecule has 0 atom stereocenters. The molecule has 0 aliphatic heterocycles. The molecule has 0 amide bonds. The maximum Gasteiger partial charge on any atom is 0.160 e. The molecule has 2 rings (SSSR count). The van der Waals surface area contributed by atoms with E-state index in [1.807, 2.05) is 6.07 Å². The minimum absolute atomic E-state index is 0.0325. The summed E-state index contributed by atoms with van der Waals surface area (Å²) in [4.78, 5) is 0. The van der Waals surface area contributed by atoms with Crippen LogP contribution < -0.4 is 0 Å². The second kappa shape index (κ2) is 10.6. The quantitative estimate of drug-likeness (QED) is 0.251. The Kier molecular flexibility index (Phi) is 8.71. The number of phenols is 2. The van der Waals surface area contributed by atoms with Gasteiger partial charge >= 0.3 is 0 Å². The smallest absolute Gasteiger partial charge is 0.160 e. The summed E-state index contributed by atoms with van der Waals surface area (Å²) in [5.74, 6) is 0.153. The van der Waals surface area contributed by atoms with Crippen LogP contribution in [0.25, 0.3) is 0 Å². The van der Waals surface area contributed by atoms with Crippen molar-refractivity contribution in [2.75, 3.05) is 0 Å². The van der Waals surface area contributed by atoms with E-state index in [-0.39, 0.29) is 11.5 Å². The van der Waals surface area contributed by atoms with E-state index >= 15 is 0 Å². The molecule has 1 saturated carbocycles. The Morgan fingerprint density at radius 2 is 1.54 bits per heavy atom. The number of hydrogen-bond acceptors (Lipinski definition) is 2. The summed E-state index contributed by atoms with van der Waals surface area (Å²) in [5.41, 5.74) is 3.35. The Balaban J connectivity index is 1.74. The highest BCUT2D eigenvalue weighted by atomic mass is 16.3. The van der Waals surface area contributed by atoms with Gasteiger partial charge < -0.3 is 10.2 Å². The second-order valence-electron chi connectivity index (χ2n) is 10.4. The van der Waals surface area contributed by atoms with Crippen molar-refractivity contribution < 1.29 is 10.2 Å². The second-order valence-corrected chi connectivity index (χ2v) is 10.4. The lowest BCUT2D eigenvalue weighted by atomic mass is 9.84. The van der Waals surface area contributed by atoms with E-state index in [1.54, 1.807) is 6.07 Å². The molecule has 0 saturated heterocycles. The van der Waals surface area contributed by atoms with E-state index in [1.165, 1.54) is 76.2 Å². The molecule has 1 aromatic rings. The lowest BCUT2D eigenvalue weighted by molar-refractivity contribution is 0.307. The lowest BCUT2D eigenvalue weighted by Gasteiger charge is -2.22. The molecule has 0 aromatic heterocycles. The molecular formula is C26H44O2. The number of unbranched alkanes of at least 4 members (excludes halogenated alkanes) is 5. The van der Waals surface area contributed by atoms with Gasteiger partial charge in [0.15, 0.2) is 11.5 Å². The Morgan fingerprint density at radius 1 is 0.893 bits per heavy atom. The summed E-state index contributed by atoms with van der Waals surface area (Å²) in [7, 11) is 0. The molecule has 0 spiro atoms. The number of rotatable bonds is 14. The van der Waals surface area contributed by atoms with Crippen LogP contribution in [0.15, 0.2) is 12.1 Å². The van der Waals surface area contributed by atoms with Gasteiger partial charge in [-0.2, -0.15) is 0 Å². The highest BCUT2D eigenvalue weighted by Gasteiger charge is 2.35. The zero-order valence-corrected chi connectivity index (χ0v) is 18.9. The van der Waals surface area contributed by atoms with Gasteiger partial charge in [-0.25, -0.2) is 0 Å². The fourth-order valence-corrected chi connectivity index (χ4v) is 4.12. The zero-order chi connectivity index (χ0) is 20.6. The third-order valence-electron chi connectivity index (χ3n) is 7.18. The third kappa shape index (κ3) is 7.68. The monoisotopic (exact) mass is 388 g/mol. The average Bonchev–Trinajstić information content (AvgIpc) is 3.39. The summed E-state index contributed by atoms with van der Waals surface area (Å²) in [6.07, 6.45) is 17.3. The van der Waals surface area contributed by atoms with Crippen LogP contribution >= 0.6 is 0 Å². The lowest BCUT2D eigenvalue weighted by Crippen LogP contribution is -2.08. The minimum atomic E-state index is 0.0325. The van der Waals surface area contributed by atoms with Crippen LogP contribution in [0.2, 0.25) is 0 Å². The van der Waals surface area contributed by atoms with Gasteiger partial charge in [0.25, 0.3) is 0 Å². The molecule has 2 heteroatoms. The number of hydrogen-bond donors (Lipinski definition) is 2. The topological polar surface area (TPSA) is 40.5 Å². The normalized spacial score (nSPS) is 15.7. The fraction of sp³-hybridized carbons (Fsp3) is 0.769. The van der Waals surface area contributed by atoms with Crippen molar-refractivity contribution in [3.05, 3.63) is 23.3 Å². The first kappa shape index (κ1) is 23.1. The summed E-state index contributed by atoms with van der Waals surface area (Å²) in [5, 5.41) is 20.3. The van der Waals surface area contributed by atoms with Crippen LogP contribution in [0.3, 0.4) is 0 Å². The van der Waals surface area contributed by atoms with Crippen molar-refractivity contribution in [3.63, 3.8) is 0 Å². The van der Waals surface area contributed by atoms with Crippen molar-refractivity contribution in [2.45, 2.75) is 118 Å². The number of aromatic hydroxyl groups is 2. The van der Waals surface area contributed by atoms with Crippen molar-refractivity contribution in [3.8, 4) is 11.5 Å². The zero-order valence-electron chi connectivity index (χ0n) is 18.9. The first-order valence-electron chi connectivity index (χ1n) is 11.8. The number of benzene rings is 1. The maximum atomic E-state index is 10.4. The predicted octanol–water partition coefficient (Wildman–Crippen LogP) is 7.93. The van der Waals surface area contributed by atoms with Gasteiger partial charge in [-0.15, -0.1) is 0 Å². The highest BCUT2D eigenvalue weighted by Crippen LogP contribution is 2.49. The first-order valence-corrected chi connectivity index (χ1v) is 11.8.